The number of hydrogen-bond donors (Lipinski definition) is 1. The molecule has 0 bridgehead atoms. The maximum atomic E-state index is 8.88. The van der Waals surface area contributed by atoms with Crippen molar-refractivity contribution in [1.29, 1.82) is 0 Å². The standard InChI is InChI=1S/C15H24O2/c1-14(2,3)11-7-12(15(4,5)6)9-13(8-11)17-10-16/h7-9,16H,10H2,1-6H3. The Balaban J connectivity index is 3.29. The molecule has 0 atom stereocenters. The Bertz CT molecular complexity index is 349. The molecule has 0 saturated heterocycles. The highest BCUT2D eigenvalue weighted by atomic mass is 16.6. The first kappa shape index (κ1) is 14.0. The van der Waals surface area contributed by atoms with E-state index in [1.807, 2.05) is 12.1 Å². The van der Waals surface area contributed by atoms with Gasteiger partial charge in [-0.1, -0.05) is 47.6 Å². The average Bonchev–Trinajstić information content (AvgIpc) is 2.15. The number of hydrogen-bond acceptors (Lipinski definition) is 2. The minimum Gasteiger partial charge on any atom is -0.468 e. The summed E-state index contributed by atoms with van der Waals surface area (Å²) in [6, 6.07) is 6.24. The van der Waals surface area contributed by atoms with Crippen molar-refractivity contribution in [2.45, 2.75) is 52.4 Å². The van der Waals surface area contributed by atoms with E-state index < -0.39 is 0 Å². The van der Waals surface area contributed by atoms with E-state index in [1.54, 1.807) is 0 Å². The molecule has 1 N–H and O–H groups in total. The minimum atomic E-state index is -0.281. The number of benzene rings is 1. The molecule has 0 amide bonds. The highest BCUT2D eigenvalue weighted by Gasteiger charge is 2.20. The molecule has 17 heavy (non-hydrogen) atoms. The van der Waals surface area contributed by atoms with Gasteiger partial charge in [-0.2, -0.15) is 0 Å². The molecule has 0 saturated carbocycles. The third-order valence-corrected chi connectivity index (χ3v) is 2.87. The minimum absolute atomic E-state index is 0.0782. The molecule has 0 aromatic heterocycles. The maximum absolute atomic E-state index is 8.88. The molecule has 1 aromatic rings. The van der Waals surface area contributed by atoms with Crippen LogP contribution in [0.15, 0.2) is 18.2 Å². The molecule has 0 aliphatic carbocycles. The number of rotatable bonds is 2. The fourth-order valence-electron chi connectivity index (χ4n) is 1.62. The van der Waals surface area contributed by atoms with E-state index >= 15 is 0 Å². The Labute approximate surface area is 105 Å². The zero-order valence-electron chi connectivity index (χ0n) is 11.8. The van der Waals surface area contributed by atoms with Gasteiger partial charge < -0.3 is 9.84 Å². The van der Waals surface area contributed by atoms with E-state index in [0.29, 0.717) is 0 Å². The summed E-state index contributed by atoms with van der Waals surface area (Å²) < 4.78 is 5.23. The molecular formula is C15H24O2. The fourth-order valence-corrected chi connectivity index (χ4v) is 1.62. The van der Waals surface area contributed by atoms with Crippen LogP contribution in [0.1, 0.15) is 52.7 Å². The summed E-state index contributed by atoms with van der Waals surface area (Å²) in [6.45, 7) is 12.8. The van der Waals surface area contributed by atoms with Crippen LogP contribution in [-0.4, -0.2) is 11.9 Å². The van der Waals surface area contributed by atoms with E-state index in [1.165, 1.54) is 11.1 Å². The SMILES string of the molecule is CC(C)(C)c1cc(OCO)cc(C(C)(C)C)c1. The van der Waals surface area contributed by atoms with Gasteiger partial charge >= 0.3 is 0 Å². The van der Waals surface area contributed by atoms with Crippen molar-refractivity contribution < 1.29 is 9.84 Å². The zero-order chi connectivity index (χ0) is 13.3. The Morgan fingerprint density at radius 3 is 1.59 bits per heavy atom. The molecule has 0 fully saturated rings. The summed E-state index contributed by atoms with van der Waals surface area (Å²) in [7, 11) is 0. The van der Waals surface area contributed by atoms with Crippen LogP contribution in [0.25, 0.3) is 0 Å². The van der Waals surface area contributed by atoms with Gasteiger partial charge in [0.25, 0.3) is 0 Å². The first-order chi connectivity index (χ1) is 7.64. The Kier molecular flexibility index (Phi) is 3.88. The van der Waals surface area contributed by atoms with Crippen molar-refractivity contribution in [1.82, 2.24) is 0 Å². The number of ether oxygens (including phenoxy) is 1. The van der Waals surface area contributed by atoms with Gasteiger partial charge in [-0.15, -0.1) is 0 Å². The molecule has 0 radical (unpaired) electrons. The summed E-state index contributed by atoms with van der Waals surface area (Å²) in [6.07, 6.45) is 0. The second-order valence-electron chi connectivity index (χ2n) is 6.52. The summed E-state index contributed by atoms with van der Waals surface area (Å²) in [5, 5.41) is 8.88. The van der Waals surface area contributed by atoms with Crippen LogP contribution < -0.4 is 4.74 Å². The summed E-state index contributed by atoms with van der Waals surface area (Å²) in [5.41, 5.74) is 2.62. The first-order valence-electron chi connectivity index (χ1n) is 6.04. The van der Waals surface area contributed by atoms with Crippen molar-refractivity contribution in [2.75, 3.05) is 6.79 Å². The maximum Gasteiger partial charge on any atom is 0.186 e. The molecule has 1 rings (SSSR count). The largest absolute Gasteiger partial charge is 0.468 e. The Morgan fingerprint density at radius 1 is 0.882 bits per heavy atom. The van der Waals surface area contributed by atoms with Gasteiger partial charge in [0, 0.05) is 0 Å². The van der Waals surface area contributed by atoms with Gasteiger partial charge in [0.05, 0.1) is 0 Å². The van der Waals surface area contributed by atoms with E-state index in [2.05, 4.69) is 47.6 Å². The number of aliphatic hydroxyl groups is 1. The van der Waals surface area contributed by atoms with Crippen LogP contribution in [0.5, 0.6) is 5.75 Å². The van der Waals surface area contributed by atoms with Gasteiger partial charge in [-0.3, -0.25) is 0 Å². The second kappa shape index (κ2) is 4.69. The molecule has 0 spiro atoms. The lowest BCUT2D eigenvalue weighted by molar-refractivity contribution is 0.0982. The van der Waals surface area contributed by atoms with Crippen molar-refractivity contribution >= 4 is 0 Å². The Morgan fingerprint density at radius 2 is 1.29 bits per heavy atom. The summed E-state index contributed by atoms with van der Waals surface area (Å²) in [5.74, 6) is 0.741. The fraction of sp³-hybridized carbons (Fsp3) is 0.600. The van der Waals surface area contributed by atoms with E-state index in [-0.39, 0.29) is 17.6 Å². The van der Waals surface area contributed by atoms with Crippen LogP contribution in [0.3, 0.4) is 0 Å². The third-order valence-electron chi connectivity index (χ3n) is 2.87. The summed E-state index contributed by atoms with van der Waals surface area (Å²) in [4.78, 5) is 0. The Hall–Kier alpha value is -1.02. The highest BCUT2D eigenvalue weighted by Crippen LogP contribution is 2.32. The van der Waals surface area contributed by atoms with E-state index in [4.69, 9.17) is 9.84 Å². The molecule has 1 aromatic carbocycles. The lowest BCUT2D eigenvalue weighted by atomic mass is 9.80. The second-order valence-corrected chi connectivity index (χ2v) is 6.52. The molecule has 0 aliphatic rings. The van der Waals surface area contributed by atoms with Crippen molar-refractivity contribution in [2.24, 2.45) is 0 Å². The highest BCUT2D eigenvalue weighted by molar-refractivity contribution is 5.40. The van der Waals surface area contributed by atoms with Crippen LogP contribution in [0, 0.1) is 0 Å². The van der Waals surface area contributed by atoms with Gasteiger partial charge in [-0.25, -0.2) is 0 Å². The molecule has 2 heteroatoms. The van der Waals surface area contributed by atoms with Gasteiger partial charge in [0.1, 0.15) is 5.75 Å². The van der Waals surface area contributed by atoms with Gasteiger partial charge in [0.15, 0.2) is 6.79 Å². The first-order valence-corrected chi connectivity index (χ1v) is 6.04. The van der Waals surface area contributed by atoms with Crippen molar-refractivity contribution in [3.8, 4) is 5.75 Å². The van der Waals surface area contributed by atoms with Crippen molar-refractivity contribution in [3.63, 3.8) is 0 Å². The molecule has 0 aliphatic heterocycles. The van der Waals surface area contributed by atoms with Gasteiger partial charge in [0.2, 0.25) is 0 Å². The average molecular weight is 236 g/mol. The van der Waals surface area contributed by atoms with Crippen LogP contribution in [0.4, 0.5) is 0 Å². The van der Waals surface area contributed by atoms with E-state index in [9.17, 15) is 0 Å². The van der Waals surface area contributed by atoms with E-state index in [0.717, 1.165) is 5.75 Å². The van der Waals surface area contributed by atoms with Crippen LogP contribution in [0.2, 0.25) is 0 Å². The predicted molar refractivity (Wildman–Crippen MR) is 71.6 cm³/mol. The number of aliphatic hydroxyl groups excluding tert-OH is 1. The normalized spacial score (nSPS) is 12.6. The van der Waals surface area contributed by atoms with Crippen LogP contribution in [-0.2, 0) is 10.8 Å². The van der Waals surface area contributed by atoms with Crippen LogP contribution >= 0.6 is 0 Å². The molecule has 0 heterocycles. The lowest BCUT2D eigenvalue weighted by Gasteiger charge is -2.25. The monoisotopic (exact) mass is 236 g/mol. The predicted octanol–water partition coefficient (Wildman–Crippen LogP) is 3.61. The lowest BCUT2D eigenvalue weighted by Crippen LogP contribution is -2.16. The van der Waals surface area contributed by atoms with Crippen molar-refractivity contribution in [3.05, 3.63) is 29.3 Å². The third kappa shape index (κ3) is 3.74. The zero-order valence-corrected chi connectivity index (χ0v) is 11.8. The molecule has 2 nitrogen and oxygen atoms in total. The smallest absolute Gasteiger partial charge is 0.186 e. The molecule has 96 valence electrons. The molecule has 0 unspecified atom stereocenters. The summed E-state index contributed by atoms with van der Waals surface area (Å²) >= 11 is 0. The quantitative estimate of drug-likeness (QED) is 0.795. The van der Waals surface area contributed by atoms with Gasteiger partial charge in [-0.05, 0) is 34.1 Å². The molecular weight excluding hydrogens is 212 g/mol. The topological polar surface area (TPSA) is 29.5 Å².